The number of carbonyl (C=O) groups excluding carboxylic acids is 4. The minimum Gasteiger partial charge on any atom is -0.494 e. The van der Waals surface area contributed by atoms with Gasteiger partial charge in [0.05, 0.1) is 36.5 Å². The fourth-order valence-electron chi connectivity index (χ4n) is 3.93. The number of unbranched alkanes of at least 4 members (excludes halogenated alkanes) is 1. The zero-order valence-corrected chi connectivity index (χ0v) is 27.8. The van der Waals surface area contributed by atoms with Crippen molar-refractivity contribution in [2.45, 2.75) is 33.1 Å². The summed E-state index contributed by atoms with van der Waals surface area (Å²) in [6, 6.07) is 19.0. The highest BCUT2D eigenvalue weighted by atomic mass is 16.5. The Bertz CT molecular complexity index is 1600. The molecule has 0 unspecified atom stereocenters. The van der Waals surface area contributed by atoms with Crippen molar-refractivity contribution in [3.63, 3.8) is 0 Å². The highest BCUT2D eigenvalue weighted by molar-refractivity contribution is 5.92. The van der Waals surface area contributed by atoms with Crippen molar-refractivity contribution < 1.29 is 52.3 Å². The van der Waals surface area contributed by atoms with E-state index in [0.29, 0.717) is 48.9 Å². The first-order valence-electron chi connectivity index (χ1n) is 15.5. The Morgan fingerprint density at radius 1 is 0.571 bits per heavy atom. The molecule has 0 aromatic heterocycles. The Morgan fingerprint density at radius 2 is 1.00 bits per heavy atom. The summed E-state index contributed by atoms with van der Waals surface area (Å²) in [5.41, 5.74) is 0.913. The monoisotopic (exact) mass is 672 g/mol. The predicted molar refractivity (Wildman–Crippen MR) is 181 cm³/mol. The molecule has 0 aliphatic carbocycles. The van der Waals surface area contributed by atoms with Gasteiger partial charge in [0.2, 0.25) is 0 Å². The van der Waals surface area contributed by atoms with Crippen molar-refractivity contribution in [3.05, 3.63) is 126 Å². The minimum absolute atomic E-state index is 0.213. The largest absolute Gasteiger partial charge is 0.494 e. The number of ether oxygens (including phenoxy) is 7. The van der Waals surface area contributed by atoms with Gasteiger partial charge in [-0.25, -0.2) is 19.2 Å². The molecule has 3 aromatic carbocycles. The molecule has 11 heteroatoms. The molecule has 0 amide bonds. The molecule has 0 heterocycles. The molecule has 258 valence electrons. The first kappa shape index (κ1) is 37.8. The van der Waals surface area contributed by atoms with Gasteiger partial charge in [-0.05, 0) is 112 Å². The van der Waals surface area contributed by atoms with Crippen molar-refractivity contribution in [1.82, 2.24) is 0 Å². The Hall–Kier alpha value is -5.68. The molecule has 0 radical (unpaired) electrons. The molecule has 0 saturated carbocycles. The molecule has 11 nitrogen and oxygen atoms in total. The van der Waals surface area contributed by atoms with Crippen molar-refractivity contribution in [2.24, 2.45) is 0 Å². The number of rotatable bonds is 19. The van der Waals surface area contributed by atoms with Crippen LogP contribution >= 0.6 is 0 Å². The van der Waals surface area contributed by atoms with Gasteiger partial charge >= 0.3 is 23.9 Å². The Labute approximate surface area is 285 Å². The number of allylic oxidation sites excluding steroid dienone is 4. The SMILES string of the molecule is C=CC(=O)OCCCOc1ccc(C(=O)O/C(C)=C/C=C(\C)OC(=O)c2ccc(OC(=O)c3ccc(OCCCCOC)cc3)cc2)cc1. The van der Waals surface area contributed by atoms with Crippen LogP contribution in [0.15, 0.2) is 109 Å². The lowest BCUT2D eigenvalue weighted by Crippen LogP contribution is -2.09. The van der Waals surface area contributed by atoms with Crippen molar-refractivity contribution in [2.75, 3.05) is 33.5 Å². The van der Waals surface area contributed by atoms with Crippen LogP contribution in [0.5, 0.6) is 17.2 Å². The van der Waals surface area contributed by atoms with Crippen LogP contribution in [-0.2, 0) is 23.7 Å². The average molecular weight is 673 g/mol. The maximum Gasteiger partial charge on any atom is 0.343 e. The lowest BCUT2D eigenvalue weighted by Gasteiger charge is -2.08. The lowest BCUT2D eigenvalue weighted by molar-refractivity contribution is -0.137. The molecule has 0 bridgehead atoms. The van der Waals surface area contributed by atoms with E-state index in [4.69, 9.17) is 33.2 Å². The summed E-state index contributed by atoms with van der Waals surface area (Å²) in [7, 11) is 1.66. The molecule has 0 N–H and O–H groups in total. The molecule has 0 aliphatic heterocycles. The van der Waals surface area contributed by atoms with Crippen LogP contribution in [0, 0.1) is 0 Å². The molecule has 0 spiro atoms. The summed E-state index contributed by atoms with van der Waals surface area (Å²) in [5.74, 6) is -0.221. The molecule has 0 fully saturated rings. The topological polar surface area (TPSA) is 133 Å². The number of carbonyl (C=O) groups is 4. The van der Waals surface area contributed by atoms with E-state index in [2.05, 4.69) is 6.58 Å². The van der Waals surface area contributed by atoms with Crippen molar-refractivity contribution in [3.8, 4) is 17.2 Å². The van der Waals surface area contributed by atoms with E-state index in [1.54, 1.807) is 69.5 Å². The second-order valence-electron chi connectivity index (χ2n) is 10.4. The highest BCUT2D eigenvalue weighted by Crippen LogP contribution is 2.19. The fourth-order valence-corrected chi connectivity index (χ4v) is 3.93. The lowest BCUT2D eigenvalue weighted by atomic mass is 10.2. The van der Waals surface area contributed by atoms with E-state index >= 15 is 0 Å². The maximum atomic E-state index is 12.6. The van der Waals surface area contributed by atoms with Gasteiger partial charge in [-0.15, -0.1) is 0 Å². The average Bonchev–Trinajstić information content (AvgIpc) is 3.11. The Balaban J connectivity index is 1.42. The molecular formula is C38H40O11. The zero-order valence-electron chi connectivity index (χ0n) is 27.8. The van der Waals surface area contributed by atoms with Gasteiger partial charge in [-0.1, -0.05) is 6.58 Å². The molecule has 49 heavy (non-hydrogen) atoms. The standard InChI is InChI=1S/C38H40O11/c1-5-35(39)46-26-8-25-45-33-17-11-29(12-18-33)36(40)47-27(2)9-10-28(3)48-37(41)30-15-21-34(22-16-30)49-38(42)31-13-19-32(20-14-31)44-24-7-6-23-43-4/h5,9-22H,1,6-8,23-26H2,2-4H3/b27-9+,28-10+. The van der Waals surface area contributed by atoms with Gasteiger partial charge in [0.1, 0.15) is 28.8 Å². The van der Waals surface area contributed by atoms with Crippen molar-refractivity contribution in [1.29, 1.82) is 0 Å². The normalized spacial score (nSPS) is 11.2. The van der Waals surface area contributed by atoms with E-state index < -0.39 is 23.9 Å². The van der Waals surface area contributed by atoms with Gasteiger partial charge in [0, 0.05) is 26.2 Å². The summed E-state index contributed by atoms with van der Waals surface area (Å²) >= 11 is 0. The number of hydrogen-bond donors (Lipinski definition) is 0. The fraction of sp³-hybridized carbons (Fsp3) is 0.263. The molecule has 0 aliphatic rings. The van der Waals surface area contributed by atoms with Gasteiger partial charge < -0.3 is 33.2 Å². The summed E-state index contributed by atoms with van der Waals surface area (Å²) in [6.45, 7) is 8.28. The van der Waals surface area contributed by atoms with E-state index in [0.717, 1.165) is 18.9 Å². The molecule has 3 rings (SSSR count). The smallest absolute Gasteiger partial charge is 0.343 e. The first-order chi connectivity index (χ1) is 23.7. The third-order valence-corrected chi connectivity index (χ3v) is 6.52. The number of methoxy groups -OCH3 is 1. The maximum absolute atomic E-state index is 12.6. The minimum atomic E-state index is -0.618. The second-order valence-corrected chi connectivity index (χ2v) is 10.4. The van der Waals surface area contributed by atoms with Crippen LogP contribution in [0.25, 0.3) is 0 Å². The third-order valence-electron chi connectivity index (χ3n) is 6.52. The number of hydrogen-bond acceptors (Lipinski definition) is 11. The van der Waals surface area contributed by atoms with Gasteiger partial charge in [-0.2, -0.15) is 0 Å². The van der Waals surface area contributed by atoms with Crippen LogP contribution in [0.4, 0.5) is 0 Å². The third kappa shape index (κ3) is 13.9. The van der Waals surface area contributed by atoms with Crippen LogP contribution in [0.2, 0.25) is 0 Å². The summed E-state index contributed by atoms with van der Waals surface area (Å²) in [6.07, 6.45) is 6.37. The predicted octanol–water partition coefficient (Wildman–Crippen LogP) is 7.03. The summed E-state index contributed by atoms with van der Waals surface area (Å²) < 4.78 is 37.3. The molecule has 3 aromatic rings. The van der Waals surface area contributed by atoms with Crippen LogP contribution < -0.4 is 14.2 Å². The molecule has 0 atom stereocenters. The van der Waals surface area contributed by atoms with E-state index in [-0.39, 0.29) is 29.4 Å². The van der Waals surface area contributed by atoms with Gasteiger partial charge in [0.25, 0.3) is 0 Å². The van der Waals surface area contributed by atoms with Gasteiger partial charge in [-0.3, -0.25) is 0 Å². The van der Waals surface area contributed by atoms with E-state index in [1.165, 1.54) is 36.4 Å². The van der Waals surface area contributed by atoms with Crippen LogP contribution in [0.3, 0.4) is 0 Å². The Morgan fingerprint density at radius 3 is 1.47 bits per heavy atom. The highest BCUT2D eigenvalue weighted by Gasteiger charge is 2.13. The van der Waals surface area contributed by atoms with Gasteiger partial charge in [0.15, 0.2) is 0 Å². The van der Waals surface area contributed by atoms with E-state index in [9.17, 15) is 19.2 Å². The number of esters is 4. The van der Waals surface area contributed by atoms with Crippen molar-refractivity contribution >= 4 is 23.9 Å². The number of benzene rings is 3. The van der Waals surface area contributed by atoms with Crippen LogP contribution in [-0.4, -0.2) is 57.4 Å². The van der Waals surface area contributed by atoms with Crippen LogP contribution in [0.1, 0.15) is 64.2 Å². The Kier molecular flexibility index (Phi) is 15.8. The summed E-state index contributed by atoms with van der Waals surface area (Å²) in [4.78, 5) is 48.7. The summed E-state index contributed by atoms with van der Waals surface area (Å²) in [5, 5.41) is 0. The first-order valence-corrected chi connectivity index (χ1v) is 15.5. The molecular weight excluding hydrogens is 632 g/mol. The molecule has 0 saturated heterocycles. The van der Waals surface area contributed by atoms with E-state index in [1.807, 2.05) is 0 Å². The zero-order chi connectivity index (χ0) is 35.4. The second kappa shape index (κ2) is 20.5. The quantitative estimate of drug-likeness (QED) is 0.0247.